The molecule has 1 aromatic heterocycles. The van der Waals surface area contributed by atoms with Crippen molar-refractivity contribution in [2.75, 3.05) is 18.8 Å². The van der Waals surface area contributed by atoms with Gasteiger partial charge in [-0.1, -0.05) is 29.5 Å². The van der Waals surface area contributed by atoms with E-state index in [4.69, 9.17) is 15.6 Å². The highest BCUT2D eigenvalue weighted by Crippen LogP contribution is 2.23. The number of carbonyl (C=O) groups is 2. The van der Waals surface area contributed by atoms with E-state index < -0.39 is 12.1 Å². The van der Waals surface area contributed by atoms with Crippen molar-refractivity contribution in [2.45, 2.75) is 44.3 Å². The molecule has 1 fully saturated rings. The molecule has 1 aromatic carbocycles. The highest BCUT2D eigenvalue weighted by molar-refractivity contribution is 7.99. The Morgan fingerprint density at radius 1 is 1.25 bits per heavy atom. The Morgan fingerprint density at radius 3 is 2.41 bits per heavy atom. The van der Waals surface area contributed by atoms with Crippen molar-refractivity contribution in [1.82, 2.24) is 19.9 Å². The molecule has 1 saturated heterocycles. The lowest BCUT2D eigenvalue weighted by Gasteiger charge is -2.31. The number of piperidine rings is 1. The number of hydrogen-bond acceptors (Lipinski definition) is 6. The van der Waals surface area contributed by atoms with Crippen LogP contribution < -0.4 is 5.73 Å². The predicted molar refractivity (Wildman–Crippen MR) is 114 cm³/mol. The van der Waals surface area contributed by atoms with Gasteiger partial charge in [0.1, 0.15) is 0 Å². The molecule has 1 aliphatic rings. The van der Waals surface area contributed by atoms with Gasteiger partial charge in [-0.15, -0.1) is 16.9 Å². The molecule has 0 bridgehead atoms. The Bertz CT molecular complexity index is 899. The normalized spacial score (nSPS) is 14.6. The molecule has 2 aromatic rings. The molecule has 0 spiro atoms. The predicted octanol–water partition coefficient (Wildman–Crippen LogP) is 2.78. The zero-order valence-electron chi connectivity index (χ0n) is 17.6. The topological polar surface area (TPSA) is 114 Å². The molecule has 12 heteroatoms. The average Bonchev–Trinajstić information content (AvgIpc) is 3.24. The minimum Gasteiger partial charge on any atom is -0.475 e. The van der Waals surface area contributed by atoms with Crippen LogP contribution in [-0.2, 0) is 21.9 Å². The average molecular weight is 474 g/mol. The lowest BCUT2D eigenvalue weighted by Crippen LogP contribution is -2.40. The van der Waals surface area contributed by atoms with E-state index in [1.165, 1.54) is 11.1 Å². The van der Waals surface area contributed by atoms with Crippen LogP contribution in [0.3, 0.4) is 0 Å². The number of amides is 1. The number of nitrogens with two attached hydrogens (primary N) is 1. The van der Waals surface area contributed by atoms with E-state index in [2.05, 4.69) is 35.4 Å². The first-order valence-electron chi connectivity index (χ1n) is 9.92. The Labute approximate surface area is 187 Å². The second-order valence-corrected chi connectivity index (χ2v) is 8.21. The van der Waals surface area contributed by atoms with Gasteiger partial charge in [-0.05, 0) is 30.9 Å². The minimum absolute atomic E-state index is 0.235. The number of carboxylic acid groups (broad SMARTS) is 1. The van der Waals surface area contributed by atoms with E-state index in [0.717, 1.165) is 37.4 Å². The molecule has 0 saturated carbocycles. The van der Waals surface area contributed by atoms with Crippen molar-refractivity contribution in [2.24, 2.45) is 5.73 Å². The van der Waals surface area contributed by atoms with Gasteiger partial charge in [0, 0.05) is 25.4 Å². The van der Waals surface area contributed by atoms with Gasteiger partial charge in [-0.25, -0.2) is 9.48 Å². The summed E-state index contributed by atoms with van der Waals surface area (Å²) in [7, 11) is 0. The van der Waals surface area contributed by atoms with Crippen molar-refractivity contribution < 1.29 is 27.9 Å². The summed E-state index contributed by atoms with van der Waals surface area (Å²) in [4.78, 5) is 23.3. The number of thioether (sulfide) groups is 1. The summed E-state index contributed by atoms with van der Waals surface area (Å²) in [6, 6.07) is 8.66. The lowest BCUT2D eigenvalue weighted by molar-refractivity contribution is -0.192. The number of carbonyl (C=O) groups excluding carboxylic acids is 1. The number of nitrogens with zero attached hydrogens (tertiary/aromatic N) is 4. The summed E-state index contributed by atoms with van der Waals surface area (Å²) in [5.74, 6) is -1.10. The SMILES string of the molecule is Cc1ccccc1CSCC(=O)N1CCC(n2cc(CN)nn2)CC1.O=C(O)C(F)(F)F. The molecule has 0 atom stereocenters. The van der Waals surface area contributed by atoms with Gasteiger partial charge >= 0.3 is 12.1 Å². The van der Waals surface area contributed by atoms with Crippen LogP contribution in [-0.4, -0.2) is 61.9 Å². The summed E-state index contributed by atoms with van der Waals surface area (Å²) in [6.45, 7) is 4.09. The number of likely N-dealkylation sites (tertiary alicyclic amines) is 1. The zero-order chi connectivity index (χ0) is 23.7. The molecule has 3 rings (SSSR count). The fourth-order valence-electron chi connectivity index (χ4n) is 3.08. The molecule has 0 radical (unpaired) electrons. The minimum atomic E-state index is -5.08. The number of rotatable bonds is 6. The van der Waals surface area contributed by atoms with Gasteiger partial charge in [0.25, 0.3) is 0 Å². The van der Waals surface area contributed by atoms with E-state index >= 15 is 0 Å². The maximum atomic E-state index is 12.4. The van der Waals surface area contributed by atoms with Gasteiger partial charge in [-0.2, -0.15) is 13.2 Å². The first-order chi connectivity index (χ1) is 15.1. The van der Waals surface area contributed by atoms with E-state index in [1.807, 2.05) is 21.8 Å². The summed E-state index contributed by atoms with van der Waals surface area (Å²) in [5, 5.41) is 15.3. The molecule has 1 aliphatic heterocycles. The number of carboxylic acids is 1. The van der Waals surface area contributed by atoms with Crippen LogP contribution in [0, 0.1) is 6.92 Å². The molecule has 0 unspecified atom stereocenters. The number of aryl methyl sites for hydroxylation is 1. The van der Waals surface area contributed by atoms with E-state index in [0.29, 0.717) is 18.3 Å². The van der Waals surface area contributed by atoms with E-state index in [9.17, 15) is 18.0 Å². The van der Waals surface area contributed by atoms with Crippen LogP contribution in [0.1, 0.15) is 35.7 Å². The van der Waals surface area contributed by atoms with Crippen molar-refractivity contribution >= 4 is 23.6 Å². The number of hydrogen-bond donors (Lipinski definition) is 2. The molecule has 1 amide bonds. The van der Waals surface area contributed by atoms with Crippen molar-refractivity contribution in [1.29, 1.82) is 0 Å². The third-order valence-electron chi connectivity index (χ3n) is 4.95. The fraction of sp³-hybridized carbons (Fsp3) is 0.500. The standard InChI is InChI=1S/C18H25N5OS.C2HF3O2/c1-14-4-2-3-5-15(14)12-25-13-18(24)22-8-6-17(7-9-22)23-11-16(10-19)20-21-23;3-2(4,5)1(6)7/h2-5,11,17H,6-10,12-13,19H2,1H3;(H,6,7). The lowest BCUT2D eigenvalue weighted by atomic mass is 10.1. The van der Waals surface area contributed by atoms with Gasteiger partial charge < -0.3 is 15.7 Å². The molecular formula is C20H26F3N5O3S. The van der Waals surface area contributed by atoms with E-state index in [-0.39, 0.29) is 5.91 Å². The molecule has 32 heavy (non-hydrogen) atoms. The number of benzene rings is 1. The Morgan fingerprint density at radius 2 is 1.88 bits per heavy atom. The van der Waals surface area contributed by atoms with Gasteiger partial charge in [0.2, 0.25) is 5.91 Å². The number of aliphatic carboxylic acids is 1. The van der Waals surface area contributed by atoms with Crippen LogP contribution in [0.25, 0.3) is 0 Å². The van der Waals surface area contributed by atoms with E-state index in [1.54, 1.807) is 11.8 Å². The van der Waals surface area contributed by atoms with Gasteiger partial charge in [0.15, 0.2) is 0 Å². The van der Waals surface area contributed by atoms with Crippen LogP contribution in [0.4, 0.5) is 13.2 Å². The first-order valence-corrected chi connectivity index (χ1v) is 11.1. The maximum Gasteiger partial charge on any atom is 0.490 e. The fourth-order valence-corrected chi connectivity index (χ4v) is 4.08. The summed E-state index contributed by atoms with van der Waals surface area (Å²) < 4.78 is 33.6. The van der Waals surface area contributed by atoms with Gasteiger partial charge in [-0.3, -0.25) is 4.79 Å². The summed E-state index contributed by atoms with van der Waals surface area (Å²) in [5.41, 5.74) is 8.98. The third-order valence-corrected chi connectivity index (χ3v) is 5.91. The second-order valence-electron chi connectivity index (χ2n) is 7.23. The van der Waals surface area contributed by atoms with Crippen LogP contribution in [0.15, 0.2) is 30.5 Å². The molecule has 176 valence electrons. The van der Waals surface area contributed by atoms with Crippen molar-refractivity contribution in [3.8, 4) is 0 Å². The highest BCUT2D eigenvalue weighted by Gasteiger charge is 2.38. The van der Waals surface area contributed by atoms with Crippen LogP contribution in [0.5, 0.6) is 0 Å². The highest BCUT2D eigenvalue weighted by atomic mass is 32.2. The molecule has 8 nitrogen and oxygen atoms in total. The van der Waals surface area contributed by atoms with Crippen molar-refractivity contribution in [3.63, 3.8) is 0 Å². The Kier molecular flexibility index (Phi) is 9.51. The van der Waals surface area contributed by atoms with Crippen LogP contribution in [0.2, 0.25) is 0 Å². The number of alkyl halides is 3. The first kappa shape index (κ1) is 25.7. The number of halogens is 3. The number of aromatic nitrogens is 3. The maximum absolute atomic E-state index is 12.4. The van der Waals surface area contributed by atoms with Gasteiger partial charge in [0.05, 0.1) is 23.7 Å². The van der Waals surface area contributed by atoms with Crippen LogP contribution >= 0.6 is 11.8 Å². The Balaban J connectivity index is 0.000000451. The largest absolute Gasteiger partial charge is 0.490 e. The second kappa shape index (κ2) is 11.9. The monoisotopic (exact) mass is 473 g/mol. The summed E-state index contributed by atoms with van der Waals surface area (Å²) in [6.07, 6.45) is -1.33. The quantitative estimate of drug-likeness (QED) is 0.663. The molecule has 2 heterocycles. The third kappa shape index (κ3) is 7.83. The zero-order valence-corrected chi connectivity index (χ0v) is 18.4. The molecular weight excluding hydrogens is 447 g/mol. The van der Waals surface area contributed by atoms with Crippen molar-refractivity contribution in [3.05, 3.63) is 47.3 Å². The molecule has 3 N–H and O–H groups in total. The smallest absolute Gasteiger partial charge is 0.475 e. The Hall–Kier alpha value is -2.60. The molecule has 0 aliphatic carbocycles. The summed E-state index contributed by atoms with van der Waals surface area (Å²) >= 11 is 1.69.